The third-order valence-corrected chi connectivity index (χ3v) is 6.56. The first-order chi connectivity index (χ1) is 16.0. The van der Waals surface area contributed by atoms with Gasteiger partial charge in [-0.2, -0.15) is 0 Å². The van der Waals surface area contributed by atoms with E-state index in [0.29, 0.717) is 10.8 Å². The maximum absolute atomic E-state index is 13.0. The van der Waals surface area contributed by atoms with E-state index in [1.165, 1.54) is 4.90 Å². The Hall–Kier alpha value is -3.51. The van der Waals surface area contributed by atoms with E-state index < -0.39 is 24.2 Å². The minimum Gasteiger partial charge on any atom is -0.487 e. The highest BCUT2D eigenvalue weighted by Gasteiger charge is 2.42. The van der Waals surface area contributed by atoms with E-state index in [2.05, 4.69) is 12.1 Å². The van der Waals surface area contributed by atoms with Gasteiger partial charge in [-0.25, -0.2) is 9.59 Å². The lowest BCUT2D eigenvalue weighted by Crippen LogP contribution is -2.41. The Kier molecular flexibility index (Phi) is 5.68. The van der Waals surface area contributed by atoms with Crippen LogP contribution in [0.2, 0.25) is 5.02 Å². The predicted molar refractivity (Wildman–Crippen MR) is 124 cm³/mol. The van der Waals surface area contributed by atoms with E-state index in [1.54, 1.807) is 24.3 Å². The molecule has 168 valence electrons. The van der Waals surface area contributed by atoms with Crippen LogP contribution in [-0.4, -0.2) is 47.4 Å². The Bertz CT molecular complexity index is 1170. The van der Waals surface area contributed by atoms with Gasteiger partial charge in [0, 0.05) is 12.3 Å². The number of nitrogens with zero attached hydrogens (tertiary/aromatic N) is 1. The molecule has 1 saturated heterocycles. The Morgan fingerprint density at radius 3 is 2.18 bits per heavy atom. The number of carboxylic acids is 1. The second-order valence-corrected chi connectivity index (χ2v) is 8.62. The number of carboxylic acid groups (broad SMARTS) is 1. The molecule has 1 aliphatic heterocycles. The molecule has 0 unspecified atom stereocenters. The zero-order valence-electron chi connectivity index (χ0n) is 17.7. The van der Waals surface area contributed by atoms with Crippen molar-refractivity contribution in [2.24, 2.45) is 0 Å². The molecule has 1 fully saturated rings. The average molecular weight is 464 g/mol. The average Bonchev–Trinajstić information content (AvgIpc) is 3.39. The van der Waals surface area contributed by atoms with Gasteiger partial charge in [-0.15, -0.1) is 0 Å². The largest absolute Gasteiger partial charge is 0.487 e. The second kappa shape index (κ2) is 8.79. The van der Waals surface area contributed by atoms with E-state index in [0.717, 1.165) is 22.3 Å². The molecule has 33 heavy (non-hydrogen) atoms. The lowest BCUT2D eigenvalue weighted by atomic mass is 9.98. The minimum absolute atomic E-state index is 0.0950. The topological polar surface area (TPSA) is 76.1 Å². The first kappa shape index (κ1) is 21.3. The summed E-state index contributed by atoms with van der Waals surface area (Å²) in [6.07, 6.45) is -0.994. The van der Waals surface area contributed by atoms with E-state index >= 15 is 0 Å². The van der Waals surface area contributed by atoms with Crippen molar-refractivity contribution in [3.05, 3.63) is 88.9 Å². The number of hydrogen-bond donors (Lipinski definition) is 1. The summed E-state index contributed by atoms with van der Waals surface area (Å²) in [5.74, 6) is -0.723. The van der Waals surface area contributed by atoms with Gasteiger partial charge in [-0.05, 0) is 34.4 Å². The SMILES string of the molecule is O=C(O)[C@@H]1C[C@@H](Oc2ccccc2Cl)CN1C(=O)OCC1c2ccccc2-c2ccccc21. The number of halogens is 1. The van der Waals surface area contributed by atoms with Crippen molar-refractivity contribution in [3.8, 4) is 16.9 Å². The normalized spacial score (nSPS) is 19.1. The molecule has 5 rings (SSSR count). The fraction of sp³-hybridized carbons (Fsp3) is 0.231. The summed E-state index contributed by atoms with van der Waals surface area (Å²) >= 11 is 6.16. The van der Waals surface area contributed by atoms with Gasteiger partial charge in [-0.3, -0.25) is 4.90 Å². The van der Waals surface area contributed by atoms with Crippen molar-refractivity contribution in [3.63, 3.8) is 0 Å². The molecule has 3 aromatic rings. The Balaban J connectivity index is 1.30. The van der Waals surface area contributed by atoms with Crippen LogP contribution in [0.15, 0.2) is 72.8 Å². The summed E-state index contributed by atoms with van der Waals surface area (Å²) in [7, 11) is 0. The Labute approximate surface area is 196 Å². The number of benzene rings is 3. The van der Waals surface area contributed by atoms with Crippen LogP contribution in [0.1, 0.15) is 23.5 Å². The number of carbonyl (C=O) groups excluding carboxylic acids is 1. The number of likely N-dealkylation sites (tertiary alicyclic amines) is 1. The first-order valence-electron chi connectivity index (χ1n) is 10.8. The molecular formula is C26H22ClNO5. The summed E-state index contributed by atoms with van der Waals surface area (Å²) in [6, 6.07) is 22.1. The minimum atomic E-state index is -1.09. The van der Waals surface area contributed by atoms with Crippen molar-refractivity contribution in [2.45, 2.75) is 24.5 Å². The molecule has 6 nitrogen and oxygen atoms in total. The summed E-state index contributed by atoms with van der Waals surface area (Å²) in [6.45, 7) is 0.241. The van der Waals surface area contributed by atoms with Gasteiger partial charge >= 0.3 is 12.1 Å². The predicted octanol–water partition coefficient (Wildman–Crippen LogP) is 5.20. The van der Waals surface area contributed by atoms with Gasteiger partial charge < -0.3 is 14.6 Å². The van der Waals surface area contributed by atoms with Crippen LogP contribution in [0, 0.1) is 0 Å². The summed E-state index contributed by atoms with van der Waals surface area (Å²) in [4.78, 5) is 26.0. The molecule has 1 N–H and O–H groups in total. The quantitative estimate of drug-likeness (QED) is 0.563. The van der Waals surface area contributed by atoms with Crippen molar-refractivity contribution < 1.29 is 24.2 Å². The van der Waals surface area contributed by atoms with Crippen LogP contribution in [0.25, 0.3) is 11.1 Å². The monoisotopic (exact) mass is 463 g/mol. The van der Waals surface area contributed by atoms with E-state index in [-0.39, 0.29) is 25.5 Å². The van der Waals surface area contributed by atoms with Gasteiger partial charge in [0.05, 0.1) is 11.6 Å². The fourth-order valence-corrected chi connectivity index (χ4v) is 4.90. The van der Waals surface area contributed by atoms with Crippen LogP contribution >= 0.6 is 11.6 Å². The highest BCUT2D eigenvalue weighted by atomic mass is 35.5. The number of rotatable bonds is 5. The lowest BCUT2D eigenvalue weighted by Gasteiger charge is -2.22. The second-order valence-electron chi connectivity index (χ2n) is 8.22. The third kappa shape index (κ3) is 4.02. The molecule has 1 amide bonds. The molecule has 2 aliphatic rings. The third-order valence-electron chi connectivity index (χ3n) is 6.25. The van der Waals surface area contributed by atoms with Crippen LogP contribution in [0.5, 0.6) is 5.75 Å². The maximum atomic E-state index is 13.0. The van der Waals surface area contributed by atoms with E-state index in [9.17, 15) is 14.7 Å². The highest BCUT2D eigenvalue weighted by molar-refractivity contribution is 6.32. The number of fused-ring (bicyclic) bond motifs is 3. The Morgan fingerprint density at radius 2 is 1.55 bits per heavy atom. The molecule has 0 saturated carbocycles. The fourth-order valence-electron chi connectivity index (χ4n) is 4.72. The molecule has 0 aromatic heterocycles. The van der Waals surface area contributed by atoms with Crippen LogP contribution in [0.3, 0.4) is 0 Å². The molecule has 1 aliphatic carbocycles. The van der Waals surface area contributed by atoms with Crippen LogP contribution in [-0.2, 0) is 9.53 Å². The number of amides is 1. The zero-order valence-corrected chi connectivity index (χ0v) is 18.4. The first-order valence-corrected chi connectivity index (χ1v) is 11.2. The molecule has 0 spiro atoms. The molecule has 3 aromatic carbocycles. The van der Waals surface area contributed by atoms with E-state index in [1.807, 2.05) is 36.4 Å². The number of ether oxygens (including phenoxy) is 2. The van der Waals surface area contributed by atoms with Crippen molar-refractivity contribution >= 4 is 23.7 Å². The van der Waals surface area contributed by atoms with Gasteiger partial charge in [0.2, 0.25) is 0 Å². The standard InChI is InChI=1S/C26H22ClNO5/c27-22-11-5-6-12-24(22)33-16-13-23(25(29)30)28(14-16)26(31)32-15-21-19-9-3-1-7-17(19)18-8-2-4-10-20(18)21/h1-12,16,21,23H,13-15H2,(H,29,30)/t16-,23+/m1/s1. The molecule has 0 radical (unpaired) electrons. The van der Waals surface area contributed by atoms with Crippen molar-refractivity contribution in [1.29, 1.82) is 0 Å². The van der Waals surface area contributed by atoms with Crippen LogP contribution < -0.4 is 4.74 Å². The smallest absolute Gasteiger partial charge is 0.410 e. The van der Waals surface area contributed by atoms with Crippen LogP contribution in [0.4, 0.5) is 4.79 Å². The van der Waals surface area contributed by atoms with E-state index in [4.69, 9.17) is 21.1 Å². The van der Waals surface area contributed by atoms with Gasteiger partial charge in [0.25, 0.3) is 0 Å². The van der Waals surface area contributed by atoms with Gasteiger partial charge in [0.1, 0.15) is 24.5 Å². The summed E-state index contributed by atoms with van der Waals surface area (Å²) < 4.78 is 11.6. The zero-order chi connectivity index (χ0) is 22.9. The molecular weight excluding hydrogens is 442 g/mol. The Morgan fingerprint density at radius 1 is 0.939 bits per heavy atom. The maximum Gasteiger partial charge on any atom is 0.410 e. The number of aliphatic carboxylic acids is 1. The van der Waals surface area contributed by atoms with Gasteiger partial charge in [-0.1, -0.05) is 72.3 Å². The number of carbonyl (C=O) groups is 2. The summed E-state index contributed by atoms with van der Waals surface area (Å²) in [5, 5.41) is 10.1. The highest BCUT2D eigenvalue weighted by Crippen LogP contribution is 2.44. The lowest BCUT2D eigenvalue weighted by molar-refractivity contribution is -0.141. The number of para-hydroxylation sites is 1. The van der Waals surface area contributed by atoms with Crippen molar-refractivity contribution in [2.75, 3.05) is 13.2 Å². The number of hydrogen-bond acceptors (Lipinski definition) is 4. The van der Waals surface area contributed by atoms with Crippen molar-refractivity contribution in [1.82, 2.24) is 4.90 Å². The van der Waals surface area contributed by atoms with Gasteiger partial charge in [0.15, 0.2) is 0 Å². The molecule has 1 heterocycles. The molecule has 0 bridgehead atoms. The molecule has 2 atom stereocenters. The summed E-state index contributed by atoms with van der Waals surface area (Å²) in [5.41, 5.74) is 4.46. The molecule has 7 heteroatoms.